The van der Waals surface area contributed by atoms with Gasteiger partial charge in [-0.05, 0) is 0 Å². The number of hydrogen-bond donors (Lipinski definition) is 0. The Hall–Kier alpha value is 2.52. The zero-order chi connectivity index (χ0) is 16.2. The Bertz CT molecular complexity index is 118. The molecule has 0 aromatic carbocycles. The van der Waals surface area contributed by atoms with Crippen molar-refractivity contribution in [3.05, 3.63) is 0 Å². The van der Waals surface area contributed by atoms with Crippen LogP contribution in [0.1, 0.15) is 0 Å². The second kappa shape index (κ2) is 144. The summed E-state index contributed by atoms with van der Waals surface area (Å²) in [5.41, 5.74) is 0. The second-order valence-electron chi connectivity index (χ2n) is 0.577. The van der Waals surface area contributed by atoms with E-state index in [4.69, 9.17) is 47.8 Å². The minimum absolute atomic E-state index is 0. The summed E-state index contributed by atoms with van der Waals surface area (Å²) in [4.78, 5) is 0. The first-order chi connectivity index (χ1) is 8.49. The van der Waals surface area contributed by atoms with Crippen molar-refractivity contribution in [2.75, 3.05) is 0 Å². The van der Waals surface area contributed by atoms with Crippen LogP contribution in [-0.4, -0.2) is 151 Å². The molecule has 0 unspecified atom stereocenters. The van der Waals surface area contributed by atoms with Gasteiger partial charge in [0.2, 0.25) is 0 Å². The van der Waals surface area contributed by atoms with Crippen LogP contribution in [0.5, 0.6) is 0 Å². The summed E-state index contributed by atoms with van der Waals surface area (Å²) in [7, 11) is 0. The van der Waals surface area contributed by atoms with E-state index in [0.29, 0.717) is 0 Å². The van der Waals surface area contributed by atoms with E-state index >= 15 is 0 Å². The van der Waals surface area contributed by atoms with Gasteiger partial charge in [-0.2, -0.15) is 0 Å². The zero-order valence-corrected chi connectivity index (χ0v) is 23.6. The molecule has 0 aromatic heterocycles. The van der Waals surface area contributed by atoms with Crippen molar-refractivity contribution >= 4 is 145 Å². The molecule has 0 bridgehead atoms. The van der Waals surface area contributed by atoms with Crippen molar-refractivity contribution in [2.24, 2.45) is 0 Å². The Labute approximate surface area is 195 Å². The van der Waals surface area contributed by atoms with Crippen LogP contribution in [-0.2, 0) is 22.8 Å². The van der Waals surface area contributed by atoms with Crippen LogP contribution in [0.3, 0.4) is 0 Å². The molecule has 0 aliphatic rings. The van der Waals surface area contributed by atoms with Crippen LogP contribution in [0.25, 0.3) is 0 Å². The molecule has 0 fully saturated rings. The van der Waals surface area contributed by atoms with Gasteiger partial charge in [0, 0.05) is 0 Å². The van der Waals surface area contributed by atoms with E-state index in [0.717, 1.165) is 0 Å². The quantitative estimate of drug-likeness (QED) is 0.207. The van der Waals surface area contributed by atoms with E-state index in [1.54, 1.807) is 0 Å². The van der Waals surface area contributed by atoms with Gasteiger partial charge < -0.3 is 5.48 Å². The summed E-state index contributed by atoms with van der Waals surface area (Å²) in [6, 6.07) is 0. The molecule has 0 saturated heterocycles. The molecule has 4 radical (unpaired) electrons. The zero-order valence-electron chi connectivity index (χ0n) is 9.76. The molecule has 0 aliphatic carbocycles. The van der Waals surface area contributed by atoms with Crippen molar-refractivity contribution in [1.29, 1.82) is 0 Å². The molecule has 108 valence electrons. The van der Waals surface area contributed by atoms with E-state index < -0.39 is 92.9 Å². The van der Waals surface area contributed by atoms with Crippen LogP contribution in [0, 0.1) is 0 Å². The molecule has 0 atom stereocenters. The summed E-state index contributed by atoms with van der Waals surface area (Å²) in [6.45, 7) is 0. The Kier molecular flexibility index (Phi) is 387. The van der Waals surface area contributed by atoms with E-state index in [-0.39, 0.29) is 57.9 Å². The summed E-state index contributed by atoms with van der Waals surface area (Å²) >= 11 is -10.5. The minimum atomic E-state index is -1.75. The Balaban J connectivity index is -0.0000000114. The summed E-state index contributed by atoms with van der Waals surface area (Å²) in [6.07, 6.45) is 0. The molecule has 0 aromatic rings. The number of rotatable bonds is 0. The van der Waals surface area contributed by atoms with E-state index in [1.165, 1.54) is 0 Å². The molecule has 0 rings (SSSR count). The molecule has 21 heteroatoms. The van der Waals surface area contributed by atoms with Crippen LogP contribution in [0.15, 0.2) is 0 Å². The van der Waals surface area contributed by atoms with Gasteiger partial charge in [0.1, 0.15) is 0 Å². The Morgan fingerprint density at radius 2 is 0.381 bits per heavy atom. The average molecular weight is 790 g/mol. The molecule has 0 spiro atoms. The molecular weight excluding hydrogens is 788 g/mol. The van der Waals surface area contributed by atoms with Gasteiger partial charge in [-0.25, -0.2) is 0 Å². The fraction of sp³-hybridized carbons (Fsp3) is 0. The van der Waals surface area contributed by atoms with Gasteiger partial charge in [0.05, 0.1) is 0 Å². The Morgan fingerprint density at radius 3 is 0.381 bits per heavy atom. The topological polar surface area (TPSA) is 272 Å². The predicted molar refractivity (Wildman–Crippen MR) is 53.8 cm³/mol. The molecule has 0 amide bonds. The van der Waals surface area contributed by atoms with Crippen LogP contribution >= 0.6 is 0 Å². The molecule has 0 aliphatic heterocycles. The summed E-state index contributed by atoms with van der Waals surface area (Å²) < 4.78 is 101. The molecule has 13 nitrogen and oxygen atoms in total. The van der Waals surface area contributed by atoms with Crippen molar-refractivity contribution < 1.29 is 53.2 Å². The SMILES string of the molecule is O.[Bi+3].[Bi+3].[O]=[Al][O-].[O]=[Al][O-].[O]=[Al][O-].[O]=[Al][O-].[O]=[Al][O-].[O]=[Al][O-]. The van der Waals surface area contributed by atoms with Gasteiger partial charge in [0.15, 0.2) is 0 Å². The van der Waals surface area contributed by atoms with Gasteiger partial charge in [-0.3, -0.25) is 0 Å². The van der Waals surface area contributed by atoms with Gasteiger partial charge in [-0.1, -0.05) is 0 Å². The van der Waals surface area contributed by atoms with Gasteiger partial charge >= 0.3 is 193 Å². The average Bonchev–Trinajstić information content (AvgIpc) is 2.23. The summed E-state index contributed by atoms with van der Waals surface area (Å²) in [5, 5.41) is 0. The monoisotopic (exact) mass is 790 g/mol. The van der Waals surface area contributed by atoms with E-state index in [9.17, 15) is 0 Å². The first kappa shape index (κ1) is 56.6. The maximum absolute atomic E-state index is 8.46. The molecule has 21 heavy (non-hydrogen) atoms. The van der Waals surface area contributed by atoms with Gasteiger partial charge in [0.25, 0.3) is 0 Å². The standard InChI is InChI=1S/6Al.2Bi.H2O.12O/h;;;;;;;;1H2;;;;;;;;;;;;/q;;;;;;2*+3;;;;;;;;6*-1. The molecule has 0 saturated carbocycles. The first-order valence-electron chi connectivity index (χ1n) is 2.83. The Morgan fingerprint density at radius 1 is 0.381 bits per heavy atom. The van der Waals surface area contributed by atoms with E-state index in [2.05, 4.69) is 0 Å². The third-order valence-corrected chi connectivity index (χ3v) is 0. The number of hydrogen-bond acceptors (Lipinski definition) is 12. The van der Waals surface area contributed by atoms with Crippen LogP contribution in [0.2, 0.25) is 0 Å². The van der Waals surface area contributed by atoms with Crippen molar-refractivity contribution in [1.82, 2.24) is 0 Å². The second-order valence-corrected chi connectivity index (χ2v) is 1.73. The van der Waals surface area contributed by atoms with Crippen LogP contribution in [0.4, 0.5) is 0 Å². The predicted octanol–water partition coefficient (Wildman–Crippen LogP) is -11.7. The normalized spacial score (nSPS) is 2.29. The van der Waals surface area contributed by atoms with Crippen molar-refractivity contribution in [2.45, 2.75) is 0 Å². The molecular formula is H2Al6Bi2O13. The first-order valence-corrected chi connectivity index (χ1v) is 8.49. The van der Waals surface area contributed by atoms with Crippen molar-refractivity contribution in [3.63, 3.8) is 0 Å². The fourth-order valence-corrected chi connectivity index (χ4v) is 0. The van der Waals surface area contributed by atoms with Crippen molar-refractivity contribution in [3.8, 4) is 0 Å². The van der Waals surface area contributed by atoms with Crippen LogP contribution < -0.4 is 24.9 Å². The van der Waals surface area contributed by atoms with E-state index in [1.807, 2.05) is 0 Å². The molecule has 0 heterocycles. The third kappa shape index (κ3) is 1490. The van der Waals surface area contributed by atoms with Gasteiger partial charge in [-0.15, -0.1) is 0 Å². The third-order valence-electron chi connectivity index (χ3n) is 0. The fourth-order valence-electron chi connectivity index (χ4n) is 0. The maximum atomic E-state index is 8.46. The molecule has 2 N–H and O–H groups in total. The summed E-state index contributed by atoms with van der Waals surface area (Å²) in [5.74, 6) is 0.